The number of piperazine rings is 1. The molecule has 0 spiro atoms. The standard InChI is InChI=1S/C20H28FN5O2S/c1-4-25(5-2)18(27)13-24-8-10-26(11-9-24)14(3)19(28)23-20-22-16-7-6-15(21)12-17(16)29-20/h6-7,12,14H,4-5,8-11,13H2,1-3H3,(H,22,23,28). The van der Waals surface area contributed by atoms with Crippen molar-refractivity contribution >= 4 is 38.5 Å². The number of aromatic nitrogens is 1. The van der Waals surface area contributed by atoms with Crippen LogP contribution in [0.15, 0.2) is 18.2 Å². The molecule has 0 aliphatic carbocycles. The summed E-state index contributed by atoms with van der Waals surface area (Å²) in [5, 5.41) is 3.33. The van der Waals surface area contributed by atoms with E-state index in [1.165, 1.54) is 23.5 Å². The van der Waals surface area contributed by atoms with Crippen molar-refractivity contribution in [1.29, 1.82) is 0 Å². The maximum atomic E-state index is 13.3. The zero-order valence-corrected chi connectivity index (χ0v) is 18.0. The van der Waals surface area contributed by atoms with Gasteiger partial charge in [0, 0.05) is 39.3 Å². The fourth-order valence-corrected chi connectivity index (χ4v) is 4.40. The number of fused-ring (bicyclic) bond motifs is 1. The van der Waals surface area contributed by atoms with Gasteiger partial charge in [-0.3, -0.25) is 19.4 Å². The number of likely N-dealkylation sites (N-methyl/N-ethyl adjacent to an activating group) is 1. The van der Waals surface area contributed by atoms with Crippen molar-refractivity contribution < 1.29 is 14.0 Å². The van der Waals surface area contributed by atoms with E-state index < -0.39 is 0 Å². The second-order valence-electron chi connectivity index (χ2n) is 7.17. The van der Waals surface area contributed by atoms with Gasteiger partial charge in [0.2, 0.25) is 11.8 Å². The Bertz CT molecular complexity index is 862. The molecule has 29 heavy (non-hydrogen) atoms. The number of hydrogen-bond donors (Lipinski definition) is 1. The molecule has 1 fully saturated rings. The van der Waals surface area contributed by atoms with Crippen molar-refractivity contribution in [2.24, 2.45) is 0 Å². The number of carbonyl (C=O) groups is 2. The number of thiazole rings is 1. The van der Waals surface area contributed by atoms with E-state index in [-0.39, 0.29) is 23.7 Å². The average Bonchev–Trinajstić information content (AvgIpc) is 3.10. The maximum Gasteiger partial charge on any atom is 0.243 e. The molecule has 1 atom stereocenters. The van der Waals surface area contributed by atoms with Crippen LogP contribution in [0, 0.1) is 5.82 Å². The number of anilines is 1. The van der Waals surface area contributed by atoms with E-state index in [2.05, 4.69) is 20.1 Å². The molecule has 1 unspecified atom stereocenters. The van der Waals surface area contributed by atoms with Crippen LogP contribution < -0.4 is 5.32 Å². The van der Waals surface area contributed by atoms with E-state index in [9.17, 15) is 14.0 Å². The lowest BCUT2D eigenvalue weighted by atomic mass is 10.2. The van der Waals surface area contributed by atoms with Gasteiger partial charge in [0.15, 0.2) is 5.13 Å². The highest BCUT2D eigenvalue weighted by Gasteiger charge is 2.27. The Morgan fingerprint density at radius 1 is 1.24 bits per heavy atom. The van der Waals surface area contributed by atoms with Crippen molar-refractivity contribution in [3.63, 3.8) is 0 Å². The Balaban J connectivity index is 1.51. The average molecular weight is 422 g/mol. The number of hydrogen-bond acceptors (Lipinski definition) is 6. The third kappa shape index (κ3) is 5.29. The lowest BCUT2D eigenvalue weighted by molar-refractivity contribution is -0.133. The number of carbonyl (C=O) groups excluding carboxylic acids is 2. The first-order chi connectivity index (χ1) is 13.9. The minimum atomic E-state index is -0.315. The van der Waals surface area contributed by atoms with Gasteiger partial charge in [-0.15, -0.1) is 0 Å². The van der Waals surface area contributed by atoms with Crippen molar-refractivity contribution in [2.45, 2.75) is 26.8 Å². The number of benzene rings is 1. The van der Waals surface area contributed by atoms with Gasteiger partial charge < -0.3 is 10.2 Å². The predicted molar refractivity (Wildman–Crippen MR) is 114 cm³/mol. The highest BCUT2D eigenvalue weighted by molar-refractivity contribution is 7.22. The van der Waals surface area contributed by atoms with Gasteiger partial charge >= 0.3 is 0 Å². The topological polar surface area (TPSA) is 68.8 Å². The Morgan fingerprint density at radius 3 is 2.59 bits per heavy atom. The molecule has 1 N–H and O–H groups in total. The van der Waals surface area contributed by atoms with Crippen molar-refractivity contribution in [3.8, 4) is 0 Å². The third-order valence-corrected chi connectivity index (χ3v) is 6.32. The van der Waals surface area contributed by atoms with Crippen LogP contribution in [0.5, 0.6) is 0 Å². The molecular weight excluding hydrogens is 393 g/mol. The second-order valence-corrected chi connectivity index (χ2v) is 8.21. The van der Waals surface area contributed by atoms with Gasteiger partial charge in [0.1, 0.15) is 5.82 Å². The minimum absolute atomic E-state index is 0.128. The molecule has 1 aromatic heterocycles. The molecule has 2 heterocycles. The first-order valence-electron chi connectivity index (χ1n) is 10.0. The lowest BCUT2D eigenvalue weighted by Gasteiger charge is -2.37. The predicted octanol–water partition coefficient (Wildman–Crippen LogP) is 2.25. The van der Waals surface area contributed by atoms with E-state index in [1.54, 1.807) is 6.07 Å². The molecule has 1 aliphatic heterocycles. The molecule has 0 radical (unpaired) electrons. The number of rotatable bonds is 7. The van der Waals surface area contributed by atoms with E-state index in [4.69, 9.17) is 0 Å². The van der Waals surface area contributed by atoms with Gasteiger partial charge in [-0.05, 0) is 39.0 Å². The van der Waals surface area contributed by atoms with Gasteiger partial charge in [0.25, 0.3) is 0 Å². The largest absolute Gasteiger partial charge is 0.342 e. The lowest BCUT2D eigenvalue weighted by Crippen LogP contribution is -2.54. The van der Waals surface area contributed by atoms with Crippen molar-refractivity contribution in [3.05, 3.63) is 24.0 Å². The molecule has 1 aromatic carbocycles. The van der Waals surface area contributed by atoms with E-state index in [0.29, 0.717) is 21.9 Å². The van der Waals surface area contributed by atoms with Crippen LogP contribution in [-0.2, 0) is 9.59 Å². The Hall–Kier alpha value is -2.10. The smallest absolute Gasteiger partial charge is 0.243 e. The summed E-state index contributed by atoms with van der Waals surface area (Å²) < 4.78 is 14.0. The molecule has 0 bridgehead atoms. The van der Waals surface area contributed by atoms with Crippen LogP contribution in [0.1, 0.15) is 20.8 Å². The number of nitrogens with zero attached hydrogens (tertiary/aromatic N) is 4. The number of nitrogens with one attached hydrogen (secondary N) is 1. The van der Waals surface area contributed by atoms with Crippen LogP contribution in [0.2, 0.25) is 0 Å². The highest BCUT2D eigenvalue weighted by Crippen LogP contribution is 2.26. The SMILES string of the molecule is CCN(CC)C(=O)CN1CCN(C(C)C(=O)Nc2nc3ccc(F)cc3s2)CC1. The Morgan fingerprint density at radius 2 is 1.93 bits per heavy atom. The van der Waals surface area contributed by atoms with E-state index in [0.717, 1.165) is 39.3 Å². The van der Waals surface area contributed by atoms with Gasteiger partial charge in [0.05, 0.1) is 22.8 Å². The summed E-state index contributed by atoms with van der Waals surface area (Å²) in [4.78, 5) is 35.4. The molecule has 3 rings (SSSR count). The molecule has 1 aliphatic rings. The molecular formula is C20H28FN5O2S. The summed E-state index contributed by atoms with van der Waals surface area (Å²) in [5.74, 6) is -0.288. The summed E-state index contributed by atoms with van der Waals surface area (Å²) in [7, 11) is 0. The first kappa shape index (κ1) is 21.6. The van der Waals surface area contributed by atoms with Crippen LogP contribution in [0.4, 0.5) is 9.52 Å². The monoisotopic (exact) mass is 421 g/mol. The maximum absolute atomic E-state index is 13.3. The molecule has 2 aromatic rings. The Kier molecular flexibility index (Phi) is 7.15. The van der Waals surface area contributed by atoms with Gasteiger partial charge in [-0.1, -0.05) is 11.3 Å². The zero-order valence-electron chi connectivity index (χ0n) is 17.2. The van der Waals surface area contributed by atoms with Crippen LogP contribution in [0.3, 0.4) is 0 Å². The van der Waals surface area contributed by atoms with Crippen LogP contribution in [0.25, 0.3) is 10.2 Å². The number of amides is 2. The number of halogens is 1. The molecule has 7 nitrogen and oxygen atoms in total. The van der Waals surface area contributed by atoms with Gasteiger partial charge in [-0.2, -0.15) is 0 Å². The van der Waals surface area contributed by atoms with Crippen molar-refractivity contribution in [2.75, 3.05) is 51.1 Å². The molecule has 1 saturated heterocycles. The normalized spacial score (nSPS) is 16.7. The summed E-state index contributed by atoms with van der Waals surface area (Å²) in [6.45, 7) is 10.7. The molecule has 158 valence electrons. The molecule has 2 amide bonds. The van der Waals surface area contributed by atoms with Crippen molar-refractivity contribution in [1.82, 2.24) is 19.7 Å². The van der Waals surface area contributed by atoms with Crippen LogP contribution >= 0.6 is 11.3 Å². The van der Waals surface area contributed by atoms with E-state index in [1.807, 2.05) is 25.7 Å². The summed E-state index contributed by atoms with van der Waals surface area (Å²) >= 11 is 1.27. The first-order valence-corrected chi connectivity index (χ1v) is 10.8. The molecule has 9 heteroatoms. The fourth-order valence-electron chi connectivity index (χ4n) is 3.50. The molecule has 0 saturated carbocycles. The fraction of sp³-hybridized carbons (Fsp3) is 0.550. The van der Waals surface area contributed by atoms with Crippen LogP contribution in [-0.4, -0.2) is 83.4 Å². The summed E-state index contributed by atoms with van der Waals surface area (Å²) in [6, 6.07) is 4.09. The third-order valence-electron chi connectivity index (χ3n) is 5.39. The second kappa shape index (κ2) is 9.60. The van der Waals surface area contributed by atoms with E-state index >= 15 is 0 Å². The zero-order chi connectivity index (χ0) is 21.0. The summed E-state index contributed by atoms with van der Waals surface area (Å²) in [6.07, 6.45) is 0. The quantitative estimate of drug-likeness (QED) is 0.743. The minimum Gasteiger partial charge on any atom is -0.342 e. The highest BCUT2D eigenvalue weighted by atomic mass is 32.1. The summed E-state index contributed by atoms with van der Waals surface area (Å²) in [5.41, 5.74) is 0.672. The Labute approximate surface area is 174 Å². The van der Waals surface area contributed by atoms with Gasteiger partial charge in [-0.25, -0.2) is 9.37 Å².